The maximum Gasteiger partial charge on any atom is 0.160 e. The number of aromatic hydroxyl groups is 1. The molecule has 1 fully saturated rings. The van der Waals surface area contributed by atoms with E-state index >= 15 is 0 Å². The highest BCUT2D eigenvalue weighted by atomic mass is 19.1. The lowest BCUT2D eigenvalue weighted by molar-refractivity contribution is 0.0679. The molecule has 25 heavy (non-hydrogen) atoms. The second-order valence-electron chi connectivity index (χ2n) is 6.44. The van der Waals surface area contributed by atoms with E-state index in [1.807, 2.05) is 18.2 Å². The third-order valence-corrected chi connectivity index (χ3v) is 4.45. The molecule has 3 rings (SSSR count). The number of phenolic OH excluding ortho intramolecular Hbond substituents is 1. The number of benzene rings is 2. The van der Waals surface area contributed by atoms with Gasteiger partial charge in [-0.25, -0.2) is 4.39 Å². The molecule has 2 aromatic carbocycles. The van der Waals surface area contributed by atoms with Crippen LogP contribution >= 0.6 is 0 Å². The van der Waals surface area contributed by atoms with Gasteiger partial charge in [-0.15, -0.1) is 0 Å². The van der Waals surface area contributed by atoms with Gasteiger partial charge in [-0.2, -0.15) is 0 Å². The fourth-order valence-electron chi connectivity index (χ4n) is 3.20. The zero-order valence-electron chi connectivity index (χ0n) is 14.5. The van der Waals surface area contributed by atoms with Crippen LogP contribution in [0.25, 0.3) is 0 Å². The van der Waals surface area contributed by atoms with Crippen molar-refractivity contribution in [2.24, 2.45) is 0 Å². The third kappa shape index (κ3) is 4.94. The van der Waals surface area contributed by atoms with Crippen LogP contribution in [0.5, 0.6) is 11.5 Å². The molecule has 5 heteroatoms. The van der Waals surface area contributed by atoms with Crippen LogP contribution in [0.4, 0.5) is 4.39 Å². The molecule has 134 valence electrons. The van der Waals surface area contributed by atoms with Crippen LogP contribution in [0.15, 0.2) is 42.5 Å². The molecule has 0 aromatic heterocycles. The summed E-state index contributed by atoms with van der Waals surface area (Å²) in [6.45, 7) is 3.00. The Kier molecular flexibility index (Phi) is 5.89. The lowest BCUT2D eigenvalue weighted by atomic mass is 10.1. The van der Waals surface area contributed by atoms with E-state index in [2.05, 4.69) is 4.90 Å². The largest absolute Gasteiger partial charge is 0.504 e. The minimum atomic E-state index is -0.227. The van der Waals surface area contributed by atoms with Crippen molar-refractivity contribution in [1.82, 2.24) is 4.90 Å². The van der Waals surface area contributed by atoms with Crippen molar-refractivity contribution >= 4 is 0 Å². The van der Waals surface area contributed by atoms with Crippen LogP contribution in [0.3, 0.4) is 0 Å². The molecule has 1 heterocycles. The Morgan fingerprint density at radius 2 is 1.88 bits per heavy atom. The Labute approximate surface area is 147 Å². The maximum atomic E-state index is 13.1. The Balaban J connectivity index is 1.72. The first-order chi connectivity index (χ1) is 12.1. The van der Waals surface area contributed by atoms with Crippen molar-refractivity contribution in [3.8, 4) is 11.5 Å². The van der Waals surface area contributed by atoms with Gasteiger partial charge >= 0.3 is 0 Å². The molecule has 0 amide bonds. The number of halogens is 1. The topological polar surface area (TPSA) is 41.9 Å². The van der Waals surface area contributed by atoms with Crippen molar-refractivity contribution in [3.05, 3.63) is 59.4 Å². The summed E-state index contributed by atoms with van der Waals surface area (Å²) in [4.78, 5) is 2.27. The Morgan fingerprint density at radius 3 is 2.52 bits per heavy atom. The smallest absolute Gasteiger partial charge is 0.160 e. The van der Waals surface area contributed by atoms with Gasteiger partial charge in [0.2, 0.25) is 0 Å². The number of nitrogens with zero attached hydrogens (tertiary/aromatic N) is 1. The zero-order valence-corrected chi connectivity index (χ0v) is 14.5. The van der Waals surface area contributed by atoms with Gasteiger partial charge in [0.05, 0.1) is 13.2 Å². The summed E-state index contributed by atoms with van der Waals surface area (Å²) in [6, 6.07) is 12.0. The summed E-state index contributed by atoms with van der Waals surface area (Å²) in [5, 5.41) is 10.00. The van der Waals surface area contributed by atoms with E-state index in [-0.39, 0.29) is 17.7 Å². The first-order valence-corrected chi connectivity index (χ1v) is 8.58. The van der Waals surface area contributed by atoms with E-state index in [9.17, 15) is 9.50 Å². The fraction of sp³-hybridized carbons (Fsp3) is 0.400. The predicted molar refractivity (Wildman–Crippen MR) is 94.1 cm³/mol. The Bertz CT molecular complexity index is 684. The van der Waals surface area contributed by atoms with Crippen molar-refractivity contribution in [2.75, 3.05) is 20.3 Å². The predicted octanol–water partition coefficient (Wildman–Crippen LogP) is 3.72. The molecule has 0 unspecified atom stereocenters. The number of hydrogen-bond donors (Lipinski definition) is 1. The van der Waals surface area contributed by atoms with Gasteiger partial charge in [0, 0.05) is 26.2 Å². The first kappa shape index (κ1) is 17.7. The van der Waals surface area contributed by atoms with E-state index in [1.165, 1.54) is 19.2 Å². The molecule has 0 radical (unpaired) electrons. The van der Waals surface area contributed by atoms with Crippen molar-refractivity contribution < 1.29 is 19.0 Å². The number of phenols is 1. The highest BCUT2D eigenvalue weighted by Crippen LogP contribution is 2.27. The monoisotopic (exact) mass is 345 g/mol. The molecule has 0 bridgehead atoms. The third-order valence-electron chi connectivity index (χ3n) is 4.45. The summed E-state index contributed by atoms with van der Waals surface area (Å²) in [6.07, 6.45) is 2.39. The highest BCUT2D eigenvalue weighted by Gasteiger charge is 2.20. The van der Waals surface area contributed by atoms with Gasteiger partial charge in [-0.3, -0.25) is 4.90 Å². The van der Waals surface area contributed by atoms with Gasteiger partial charge in [-0.1, -0.05) is 18.2 Å². The van der Waals surface area contributed by atoms with Gasteiger partial charge in [0.1, 0.15) is 5.82 Å². The minimum Gasteiger partial charge on any atom is -0.504 e. The summed E-state index contributed by atoms with van der Waals surface area (Å²) in [5.41, 5.74) is 2.05. The second kappa shape index (κ2) is 8.32. The molecule has 1 atom stereocenters. The van der Waals surface area contributed by atoms with Crippen molar-refractivity contribution in [1.29, 1.82) is 0 Å². The molecule has 0 spiro atoms. The summed E-state index contributed by atoms with van der Waals surface area (Å²) >= 11 is 0. The summed E-state index contributed by atoms with van der Waals surface area (Å²) in [5.74, 6) is 0.376. The van der Waals surface area contributed by atoms with Gasteiger partial charge in [0.25, 0.3) is 0 Å². The van der Waals surface area contributed by atoms with Crippen LogP contribution in [-0.2, 0) is 17.8 Å². The molecule has 1 saturated heterocycles. The quantitative estimate of drug-likeness (QED) is 0.830. The van der Waals surface area contributed by atoms with E-state index < -0.39 is 0 Å². The van der Waals surface area contributed by atoms with Crippen molar-refractivity contribution in [3.63, 3.8) is 0 Å². The molecule has 0 aliphatic carbocycles. The number of methoxy groups -OCH3 is 1. The van der Waals surface area contributed by atoms with Gasteiger partial charge in [0.15, 0.2) is 11.5 Å². The zero-order chi connectivity index (χ0) is 17.6. The SMILES string of the molecule is COc1ccc(CN(Cc2ccc(F)cc2)C[C@H]2CCCO2)cc1O. The first-order valence-electron chi connectivity index (χ1n) is 8.58. The van der Waals surface area contributed by atoms with Gasteiger partial charge in [-0.05, 0) is 48.2 Å². The molecule has 1 N–H and O–H groups in total. The Hall–Kier alpha value is -2.11. The van der Waals surface area contributed by atoms with Crippen LogP contribution in [-0.4, -0.2) is 36.4 Å². The second-order valence-corrected chi connectivity index (χ2v) is 6.44. The maximum absolute atomic E-state index is 13.1. The number of ether oxygens (including phenoxy) is 2. The van der Waals surface area contributed by atoms with Crippen molar-refractivity contribution in [2.45, 2.75) is 32.0 Å². The van der Waals surface area contributed by atoms with E-state index in [0.29, 0.717) is 18.8 Å². The molecule has 0 saturated carbocycles. The normalized spacial score (nSPS) is 17.2. The van der Waals surface area contributed by atoms with Crippen LogP contribution in [0.1, 0.15) is 24.0 Å². The van der Waals surface area contributed by atoms with Gasteiger partial charge < -0.3 is 14.6 Å². The van der Waals surface area contributed by atoms with E-state index in [4.69, 9.17) is 9.47 Å². The number of rotatable bonds is 7. The molecule has 1 aliphatic heterocycles. The molecule has 4 nitrogen and oxygen atoms in total. The molecule has 2 aromatic rings. The lowest BCUT2D eigenvalue weighted by Crippen LogP contribution is -2.31. The molecular formula is C20H24FNO3. The number of hydrogen-bond acceptors (Lipinski definition) is 4. The average Bonchev–Trinajstić information content (AvgIpc) is 3.10. The lowest BCUT2D eigenvalue weighted by Gasteiger charge is -2.25. The van der Waals surface area contributed by atoms with Crippen LogP contribution < -0.4 is 4.74 Å². The summed E-state index contributed by atoms with van der Waals surface area (Å²) in [7, 11) is 1.53. The van der Waals surface area contributed by atoms with E-state index in [0.717, 1.165) is 37.1 Å². The van der Waals surface area contributed by atoms with Crippen LogP contribution in [0.2, 0.25) is 0 Å². The standard InChI is InChI=1S/C20H24FNO3/c1-24-20-9-6-16(11-19(20)23)13-22(14-18-3-2-10-25-18)12-15-4-7-17(21)8-5-15/h4-9,11,18,23H,2-3,10,12-14H2,1H3/t18-/m1/s1. The Morgan fingerprint density at radius 1 is 1.16 bits per heavy atom. The van der Waals surface area contributed by atoms with Crippen LogP contribution in [0, 0.1) is 5.82 Å². The van der Waals surface area contributed by atoms with E-state index in [1.54, 1.807) is 12.1 Å². The average molecular weight is 345 g/mol. The highest BCUT2D eigenvalue weighted by molar-refractivity contribution is 5.41. The molecule has 1 aliphatic rings. The summed E-state index contributed by atoms with van der Waals surface area (Å²) < 4.78 is 24.0. The minimum absolute atomic E-state index is 0.138. The molecular weight excluding hydrogens is 321 g/mol. The fourth-order valence-corrected chi connectivity index (χ4v) is 3.20.